The lowest BCUT2D eigenvalue weighted by atomic mass is 9.96. The van der Waals surface area contributed by atoms with Crippen molar-refractivity contribution in [2.45, 2.75) is 83.4 Å². The van der Waals surface area contributed by atoms with Crippen LogP contribution in [-0.4, -0.2) is 75.5 Å². The Kier molecular flexibility index (Phi) is 9.32. The quantitative estimate of drug-likeness (QED) is 0.402. The van der Waals surface area contributed by atoms with E-state index in [0.29, 0.717) is 17.2 Å². The molecule has 2 aliphatic heterocycles. The standard InChI is InChI=1S/C31H41N3O7S/c1-18-9-8-10-19(2)26(18)39-15-24(35)32-21(13-20-11-12-22-23(14-20)41-17-40-22)25(36)29(38)34-16-42-31(6,7)27(34)28(37)33-30(3,4)5/h8-12,14,21,25,27,36H,13,15-17H2,1-7H3,(H,32,35)(H,33,37)/t21-,25-,27+/m0/s1. The summed E-state index contributed by atoms with van der Waals surface area (Å²) in [5, 5.41) is 17.2. The van der Waals surface area contributed by atoms with Gasteiger partial charge in [-0.3, -0.25) is 14.4 Å². The molecule has 228 valence electrons. The summed E-state index contributed by atoms with van der Waals surface area (Å²) in [7, 11) is 0. The van der Waals surface area contributed by atoms with Crippen molar-refractivity contribution in [3.05, 3.63) is 53.1 Å². The number of benzene rings is 2. The molecular weight excluding hydrogens is 558 g/mol. The van der Waals surface area contributed by atoms with Gasteiger partial charge in [-0.15, -0.1) is 11.8 Å². The van der Waals surface area contributed by atoms with Crippen LogP contribution in [-0.2, 0) is 20.8 Å². The average Bonchev–Trinajstić information content (AvgIpc) is 3.49. The second-order valence-corrected chi connectivity index (χ2v) is 13.9. The van der Waals surface area contributed by atoms with Crippen molar-refractivity contribution in [3.8, 4) is 17.2 Å². The molecule has 1 saturated heterocycles. The first-order valence-corrected chi connectivity index (χ1v) is 15.0. The van der Waals surface area contributed by atoms with Gasteiger partial charge in [0.05, 0.1) is 11.9 Å². The highest BCUT2D eigenvalue weighted by atomic mass is 32.2. The minimum absolute atomic E-state index is 0.107. The van der Waals surface area contributed by atoms with Crippen molar-refractivity contribution < 1.29 is 33.7 Å². The molecule has 2 aliphatic rings. The number of amides is 3. The predicted octanol–water partition coefficient (Wildman–Crippen LogP) is 3.09. The van der Waals surface area contributed by atoms with Gasteiger partial charge >= 0.3 is 0 Å². The third-order valence-electron chi connectivity index (χ3n) is 7.20. The number of rotatable bonds is 9. The lowest BCUT2D eigenvalue weighted by molar-refractivity contribution is -0.148. The van der Waals surface area contributed by atoms with E-state index in [2.05, 4.69) is 10.6 Å². The minimum atomic E-state index is -1.63. The normalized spacial score (nSPS) is 18.8. The molecule has 3 atom stereocenters. The maximum atomic E-state index is 13.8. The molecule has 0 radical (unpaired) electrons. The molecule has 0 bridgehead atoms. The summed E-state index contributed by atoms with van der Waals surface area (Å²) in [6.45, 7) is 13.0. The Labute approximate surface area is 251 Å². The Morgan fingerprint density at radius 3 is 2.45 bits per heavy atom. The van der Waals surface area contributed by atoms with Gasteiger partial charge in [0.15, 0.2) is 24.2 Å². The van der Waals surface area contributed by atoms with E-state index in [9.17, 15) is 19.5 Å². The van der Waals surface area contributed by atoms with E-state index in [0.717, 1.165) is 16.7 Å². The van der Waals surface area contributed by atoms with E-state index in [4.69, 9.17) is 14.2 Å². The van der Waals surface area contributed by atoms with Crippen LogP contribution in [0.4, 0.5) is 0 Å². The number of hydrogen-bond acceptors (Lipinski definition) is 8. The van der Waals surface area contributed by atoms with Gasteiger partial charge in [-0.25, -0.2) is 0 Å². The van der Waals surface area contributed by atoms with Gasteiger partial charge in [-0.2, -0.15) is 0 Å². The van der Waals surface area contributed by atoms with Crippen molar-refractivity contribution in [1.82, 2.24) is 15.5 Å². The second-order valence-electron chi connectivity index (χ2n) is 12.3. The Bertz CT molecular complexity index is 1320. The summed E-state index contributed by atoms with van der Waals surface area (Å²) < 4.78 is 16.1. The van der Waals surface area contributed by atoms with E-state index in [1.807, 2.05) is 66.7 Å². The molecular formula is C31H41N3O7S. The smallest absolute Gasteiger partial charge is 0.258 e. The average molecular weight is 600 g/mol. The first-order valence-electron chi connectivity index (χ1n) is 14.0. The number of fused-ring (bicyclic) bond motifs is 1. The number of para-hydroxylation sites is 1. The molecule has 0 aliphatic carbocycles. The lowest BCUT2D eigenvalue weighted by Crippen LogP contribution is -2.60. The molecule has 0 saturated carbocycles. The fourth-order valence-electron chi connectivity index (χ4n) is 5.17. The van der Waals surface area contributed by atoms with E-state index in [-0.39, 0.29) is 31.6 Å². The number of carbonyl (C=O) groups is 3. The van der Waals surface area contributed by atoms with Crippen molar-refractivity contribution >= 4 is 29.5 Å². The van der Waals surface area contributed by atoms with Gasteiger partial charge in [0, 0.05) is 10.3 Å². The fourth-order valence-corrected chi connectivity index (χ4v) is 6.31. The number of carbonyl (C=O) groups excluding carboxylic acids is 3. The zero-order valence-electron chi connectivity index (χ0n) is 25.3. The molecule has 0 aromatic heterocycles. The number of aryl methyl sites for hydroxylation is 2. The monoisotopic (exact) mass is 599 g/mol. The van der Waals surface area contributed by atoms with Crippen molar-refractivity contribution in [1.29, 1.82) is 0 Å². The van der Waals surface area contributed by atoms with E-state index in [1.165, 1.54) is 16.7 Å². The third-order valence-corrected chi connectivity index (χ3v) is 8.58. The van der Waals surface area contributed by atoms with E-state index < -0.39 is 40.3 Å². The van der Waals surface area contributed by atoms with Gasteiger partial charge in [-0.1, -0.05) is 24.3 Å². The van der Waals surface area contributed by atoms with Crippen LogP contribution in [0.2, 0.25) is 0 Å². The molecule has 0 unspecified atom stereocenters. The molecule has 4 rings (SSSR count). The Hall–Kier alpha value is -3.44. The van der Waals surface area contributed by atoms with E-state index in [1.54, 1.807) is 18.2 Å². The number of ether oxygens (including phenoxy) is 3. The molecule has 1 fully saturated rings. The van der Waals surface area contributed by atoms with Crippen LogP contribution in [0.25, 0.3) is 0 Å². The first kappa shape index (κ1) is 31.5. The van der Waals surface area contributed by atoms with Crippen LogP contribution < -0.4 is 24.8 Å². The van der Waals surface area contributed by atoms with Crippen LogP contribution in [0.3, 0.4) is 0 Å². The maximum Gasteiger partial charge on any atom is 0.258 e. The van der Waals surface area contributed by atoms with Gasteiger partial charge < -0.3 is 34.9 Å². The third kappa shape index (κ3) is 7.30. The highest BCUT2D eigenvalue weighted by Gasteiger charge is 2.50. The fraction of sp³-hybridized carbons (Fsp3) is 0.516. The number of thioether (sulfide) groups is 1. The van der Waals surface area contributed by atoms with Crippen molar-refractivity contribution in [2.24, 2.45) is 0 Å². The summed E-state index contributed by atoms with van der Waals surface area (Å²) in [4.78, 5) is 41.7. The molecule has 3 amide bonds. The van der Waals surface area contributed by atoms with E-state index >= 15 is 0 Å². The molecule has 2 heterocycles. The van der Waals surface area contributed by atoms with Gasteiger partial charge in [0.25, 0.3) is 11.8 Å². The zero-order valence-corrected chi connectivity index (χ0v) is 26.1. The number of nitrogens with zero attached hydrogens (tertiary/aromatic N) is 1. The Morgan fingerprint density at radius 2 is 1.79 bits per heavy atom. The van der Waals surface area contributed by atoms with Crippen LogP contribution in [0.15, 0.2) is 36.4 Å². The van der Waals surface area contributed by atoms with Gasteiger partial charge in [-0.05, 0) is 83.7 Å². The second kappa shape index (κ2) is 12.4. The topological polar surface area (TPSA) is 126 Å². The predicted molar refractivity (Wildman–Crippen MR) is 161 cm³/mol. The largest absolute Gasteiger partial charge is 0.483 e. The minimum Gasteiger partial charge on any atom is -0.483 e. The molecule has 11 heteroatoms. The van der Waals surface area contributed by atoms with Gasteiger partial charge in [0.2, 0.25) is 12.7 Å². The zero-order chi connectivity index (χ0) is 30.8. The van der Waals surface area contributed by atoms with Crippen molar-refractivity contribution in [3.63, 3.8) is 0 Å². The van der Waals surface area contributed by atoms with Crippen LogP contribution in [0.1, 0.15) is 51.3 Å². The van der Waals surface area contributed by atoms with Crippen LogP contribution in [0.5, 0.6) is 17.2 Å². The number of aliphatic hydroxyl groups excluding tert-OH is 1. The summed E-state index contributed by atoms with van der Waals surface area (Å²) in [5.41, 5.74) is 2.01. The summed E-state index contributed by atoms with van der Waals surface area (Å²) in [5.74, 6) is 0.565. The van der Waals surface area contributed by atoms with Crippen LogP contribution in [0, 0.1) is 13.8 Å². The molecule has 0 spiro atoms. The lowest BCUT2D eigenvalue weighted by Gasteiger charge is -2.35. The molecule has 10 nitrogen and oxygen atoms in total. The molecule has 42 heavy (non-hydrogen) atoms. The number of hydrogen-bond donors (Lipinski definition) is 3. The van der Waals surface area contributed by atoms with Crippen LogP contribution >= 0.6 is 11.8 Å². The highest BCUT2D eigenvalue weighted by molar-refractivity contribution is 8.00. The summed E-state index contributed by atoms with van der Waals surface area (Å²) >= 11 is 1.46. The molecule has 2 aromatic rings. The number of aliphatic hydroxyl groups is 1. The summed E-state index contributed by atoms with van der Waals surface area (Å²) in [6, 6.07) is 9.20. The highest BCUT2D eigenvalue weighted by Crippen LogP contribution is 2.40. The Morgan fingerprint density at radius 1 is 1.12 bits per heavy atom. The molecule has 2 aromatic carbocycles. The SMILES string of the molecule is Cc1cccc(C)c1OCC(=O)N[C@@H](Cc1ccc2c(c1)OCO2)[C@H](O)C(=O)N1CSC(C)(C)[C@H]1C(=O)NC(C)(C)C. The number of nitrogens with one attached hydrogen (secondary N) is 2. The Balaban J connectivity index is 1.55. The van der Waals surface area contributed by atoms with Crippen molar-refractivity contribution in [2.75, 3.05) is 19.3 Å². The maximum absolute atomic E-state index is 13.8. The van der Waals surface area contributed by atoms with Gasteiger partial charge in [0.1, 0.15) is 11.8 Å². The summed E-state index contributed by atoms with van der Waals surface area (Å²) in [6.07, 6.45) is -1.50. The first-order chi connectivity index (χ1) is 19.7. The molecule has 3 N–H and O–H groups in total.